The Morgan fingerprint density at radius 2 is 2.08 bits per heavy atom. The maximum Gasteiger partial charge on any atom is 0.410 e. The van der Waals surface area contributed by atoms with Gasteiger partial charge < -0.3 is 14.2 Å². The zero-order valence-electron chi connectivity index (χ0n) is 13.3. The van der Waals surface area contributed by atoms with Crippen molar-refractivity contribution in [3.05, 3.63) is 54.2 Å². The third-order valence-corrected chi connectivity index (χ3v) is 4.50. The van der Waals surface area contributed by atoms with E-state index in [1.54, 1.807) is 17.2 Å². The van der Waals surface area contributed by atoms with E-state index < -0.39 is 0 Å². The number of methoxy groups -OCH3 is 1. The van der Waals surface area contributed by atoms with E-state index in [0.29, 0.717) is 18.8 Å². The number of hydrogen-bond donors (Lipinski definition) is 0. The zero-order chi connectivity index (χ0) is 16.5. The summed E-state index contributed by atoms with van der Waals surface area (Å²) < 4.78 is 17.1. The molecular weight excluding hydrogens is 308 g/mol. The normalized spacial score (nSPS) is 24.5. The van der Waals surface area contributed by atoms with E-state index in [9.17, 15) is 4.79 Å². The number of amides is 1. The van der Waals surface area contributed by atoms with E-state index in [2.05, 4.69) is 4.98 Å². The fourth-order valence-electron chi connectivity index (χ4n) is 3.39. The number of hydrogen-bond acceptors (Lipinski definition) is 5. The molecule has 3 unspecified atom stereocenters. The Morgan fingerprint density at radius 1 is 1.25 bits per heavy atom. The Labute approximate surface area is 140 Å². The van der Waals surface area contributed by atoms with Crippen molar-refractivity contribution in [2.45, 2.75) is 24.7 Å². The molecule has 3 atom stereocenters. The number of likely N-dealkylation sites (tertiary alicyclic amines) is 1. The van der Waals surface area contributed by atoms with Gasteiger partial charge in [-0.2, -0.15) is 0 Å². The molecule has 2 aliphatic rings. The lowest BCUT2D eigenvalue weighted by Crippen LogP contribution is -2.56. The standard InChI is InChI=1S/C18H18N2O4/c1-22-18(21)20-11-16(24-17-8-4-5-9-19-17)15-10-13(20)12-6-2-3-7-14(12)23-15/h2-9,13,15-16H,10-11H2,1H3. The average Bonchev–Trinajstić information content (AvgIpc) is 2.64. The minimum absolute atomic E-state index is 0.0593. The molecule has 0 radical (unpaired) electrons. The summed E-state index contributed by atoms with van der Waals surface area (Å²) in [6.07, 6.45) is 1.56. The van der Waals surface area contributed by atoms with E-state index in [0.717, 1.165) is 11.3 Å². The second-order valence-electron chi connectivity index (χ2n) is 5.89. The van der Waals surface area contributed by atoms with Gasteiger partial charge in [0.1, 0.15) is 11.9 Å². The van der Waals surface area contributed by atoms with Crippen LogP contribution in [-0.4, -0.2) is 41.8 Å². The first-order valence-electron chi connectivity index (χ1n) is 7.94. The Kier molecular flexibility index (Phi) is 3.72. The highest BCUT2D eigenvalue weighted by molar-refractivity contribution is 5.69. The predicted molar refractivity (Wildman–Crippen MR) is 86.0 cm³/mol. The Balaban J connectivity index is 1.66. The number of ether oxygens (including phenoxy) is 3. The molecule has 24 heavy (non-hydrogen) atoms. The van der Waals surface area contributed by atoms with Crippen LogP contribution >= 0.6 is 0 Å². The molecule has 6 heteroatoms. The van der Waals surface area contributed by atoms with Crippen molar-refractivity contribution in [3.63, 3.8) is 0 Å². The van der Waals surface area contributed by atoms with Gasteiger partial charge in [-0.25, -0.2) is 9.78 Å². The van der Waals surface area contributed by atoms with Gasteiger partial charge in [0.2, 0.25) is 5.88 Å². The van der Waals surface area contributed by atoms with Crippen molar-refractivity contribution < 1.29 is 19.0 Å². The lowest BCUT2D eigenvalue weighted by molar-refractivity contribution is -0.0482. The average molecular weight is 326 g/mol. The van der Waals surface area contributed by atoms with Gasteiger partial charge in [0, 0.05) is 24.2 Å². The molecule has 124 valence electrons. The van der Waals surface area contributed by atoms with Crippen LogP contribution < -0.4 is 9.47 Å². The highest BCUT2D eigenvalue weighted by Gasteiger charge is 2.45. The first kappa shape index (κ1) is 14.8. The number of benzene rings is 1. The summed E-state index contributed by atoms with van der Waals surface area (Å²) in [6.45, 7) is 0.396. The summed E-state index contributed by atoms with van der Waals surface area (Å²) in [5.74, 6) is 1.31. The van der Waals surface area contributed by atoms with Crippen LogP contribution in [0.25, 0.3) is 0 Å². The van der Waals surface area contributed by atoms with Crippen LogP contribution in [0.5, 0.6) is 11.6 Å². The number of aromatic nitrogens is 1. The fraction of sp³-hybridized carbons (Fsp3) is 0.333. The molecule has 0 spiro atoms. The van der Waals surface area contributed by atoms with E-state index >= 15 is 0 Å². The molecule has 1 fully saturated rings. The molecule has 6 nitrogen and oxygen atoms in total. The summed E-state index contributed by atoms with van der Waals surface area (Å²) in [6, 6.07) is 13.2. The molecule has 2 aliphatic heterocycles. The highest BCUT2D eigenvalue weighted by Crippen LogP contribution is 2.43. The Bertz CT molecular complexity index is 737. The van der Waals surface area contributed by atoms with Crippen molar-refractivity contribution in [2.24, 2.45) is 0 Å². The fourth-order valence-corrected chi connectivity index (χ4v) is 3.39. The van der Waals surface area contributed by atoms with Crippen LogP contribution in [-0.2, 0) is 4.74 Å². The molecule has 2 bridgehead atoms. The van der Waals surface area contributed by atoms with E-state index in [1.165, 1.54) is 7.11 Å². The number of nitrogens with zero attached hydrogens (tertiary/aromatic N) is 2. The third-order valence-electron chi connectivity index (χ3n) is 4.50. The molecule has 1 saturated heterocycles. The van der Waals surface area contributed by atoms with Crippen LogP contribution in [0.4, 0.5) is 4.79 Å². The van der Waals surface area contributed by atoms with Crippen molar-refractivity contribution >= 4 is 6.09 Å². The molecule has 1 amide bonds. The van der Waals surface area contributed by atoms with Gasteiger partial charge in [-0.1, -0.05) is 24.3 Å². The van der Waals surface area contributed by atoms with Crippen molar-refractivity contribution in [3.8, 4) is 11.6 Å². The minimum atomic E-state index is -0.357. The SMILES string of the molecule is COC(=O)N1CC(Oc2ccccn2)C2CC1c1ccccc1O2. The minimum Gasteiger partial charge on any atom is -0.486 e. The third kappa shape index (κ3) is 2.54. The molecular formula is C18H18N2O4. The summed E-state index contributed by atoms with van der Waals surface area (Å²) in [5, 5.41) is 0. The molecule has 0 aliphatic carbocycles. The number of rotatable bonds is 2. The van der Waals surface area contributed by atoms with Crippen LogP contribution in [0.1, 0.15) is 18.0 Å². The molecule has 3 heterocycles. The predicted octanol–water partition coefficient (Wildman–Crippen LogP) is 2.80. The number of carbonyl (C=O) groups excluding carboxylic acids is 1. The molecule has 0 N–H and O–H groups in total. The first-order valence-corrected chi connectivity index (χ1v) is 7.94. The van der Waals surface area contributed by atoms with Gasteiger partial charge in [-0.15, -0.1) is 0 Å². The summed E-state index contributed by atoms with van der Waals surface area (Å²) in [5.41, 5.74) is 1.01. The maximum atomic E-state index is 12.3. The number of carbonyl (C=O) groups is 1. The van der Waals surface area contributed by atoms with Crippen molar-refractivity contribution in [1.82, 2.24) is 9.88 Å². The second kappa shape index (κ2) is 6.03. The lowest BCUT2D eigenvalue weighted by atomic mass is 9.88. The van der Waals surface area contributed by atoms with Crippen molar-refractivity contribution in [2.75, 3.05) is 13.7 Å². The number of pyridine rings is 1. The maximum absolute atomic E-state index is 12.3. The lowest BCUT2D eigenvalue weighted by Gasteiger charge is -2.46. The van der Waals surface area contributed by atoms with Gasteiger partial charge in [0.05, 0.1) is 19.7 Å². The summed E-state index contributed by atoms with van der Waals surface area (Å²) in [7, 11) is 1.40. The topological polar surface area (TPSA) is 60.9 Å². The summed E-state index contributed by atoms with van der Waals surface area (Å²) in [4.78, 5) is 18.2. The zero-order valence-corrected chi connectivity index (χ0v) is 13.3. The highest BCUT2D eigenvalue weighted by atomic mass is 16.6. The van der Waals surface area contributed by atoms with E-state index in [1.807, 2.05) is 36.4 Å². The van der Waals surface area contributed by atoms with Crippen molar-refractivity contribution in [1.29, 1.82) is 0 Å². The van der Waals surface area contributed by atoms with E-state index in [-0.39, 0.29) is 24.3 Å². The number of fused-ring (bicyclic) bond motifs is 4. The molecule has 1 aromatic heterocycles. The van der Waals surface area contributed by atoms with Gasteiger partial charge in [-0.3, -0.25) is 4.90 Å². The number of piperidine rings is 1. The monoisotopic (exact) mass is 326 g/mol. The van der Waals surface area contributed by atoms with Gasteiger partial charge >= 0.3 is 6.09 Å². The number of para-hydroxylation sites is 1. The summed E-state index contributed by atoms with van der Waals surface area (Å²) >= 11 is 0. The quantitative estimate of drug-likeness (QED) is 0.849. The first-order chi connectivity index (χ1) is 11.8. The van der Waals surface area contributed by atoms with Gasteiger partial charge in [0.25, 0.3) is 0 Å². The molecule has 4 rings (SSSR count). The van der Waals surface area contributed by atoms with Crippen LogP contribution in [0.2, 0.25) is 0 Å². The second-order valence-corrected chi connectivity index (χ2v) is 5.89. The largest absolute Gasteiger partial charge is 0.486 e. The van der Waals surface area contributed by atoms with Crippen LogP contribution in [0.15, 0.2) is 48.7 Å². The Hall–Kier alpha value is -2.76. The van der Waals surface area contributed by atoms with Gasteiger partial charge in [-0.05, 0) is 12.1 Å². The van der Waals surface area contributed by atoms with Crippen LogP contribution in [0, 0.1) is 0 Å². The van der Waals surface area contributed by atoms with Crippen LogP contribution in [0.3, 0.4) is 0 Å². The molecule has 2 aromatic rings. The smallest absolute Gasteiger partial charge is 0.410 e. The van der Waals surface area contributed by atoms with Gasteiger partial charge in [0.15, 0.2) is 6.10 Å². The Morgan fingerprint density at radius 3 is 2.88 bits per heavy atom. The van der Waals surface area contributed by atoms with E-state index in [4.69, 9.17) is 14.2 Å². The molecule has 1 aromatic carbocycles. The molecule has 0 saturated carbocycles.